The molecule has 0 nitrogen and oxygen atoms in total. The van der Waals surface area contributed by atoms with Crippen LogP contribution in [-0.2, 0) is 0 Å². The Kier molecular flexibility index (Phi) is 2.13. The first-order valence-electron chi connectivity index (χ1n) is 3.89. The topological polar surface area (TPSA) is 0 Å². The lowest BCUT2D eigenvalue weighted by Crippen LogP contribution is -2.25. The van der Waals surface area contributed by atoms with E-state index in [0.29, 0.717) is 5.92 Å². The van der Waals surface area contributed by atoms with E-state index >= 15 is 0 Å². The van der Waals surface area contributed by atoms with E-state index in [9.17, 15) is 0 Å². The minimum absolute atomic E-state index is 0.546. The monoisotopic (exact) mass is 146 g/mol. The molecule has 1 aromatic carbocycles. The molecule has 0 saturated carbocycles. The van der Waals surface area contributed by atoms with Crippen LogP contribution in [0.1, 0.15) is 25.3 Å². The van der Waals surface area contributed by atoms with Crippen LogP contribution >= 0.6 is 0 Å². The van der Waals surface area contributed by atoms with E-state index in [1.165, 1.54) is 5.56 Å². The largest absolute Gasteiger partial charge is 0.0912 e. The highest BCUT2D eigenvalue weighted by Gasteiger charge is 1.97. The van der Waals surface area contributed by atoms with Crippen molar-refractivity contribution < 1.29 is 0 Å². The minimum Gasteiger partial charge on any atom is -0.0912 e. The van der Waals surface area contributed by atoms with Crippen LogP contribution < -0.4 is 10.4 Å². The van der Waals surface area contributed by atoms with Crippen molar-refractivity contribution in [3.8, 4) is 0 Å². The van der Waals surface area contributed by atoms with Gasteiger partial charge in [-0.05, 0) is 21.9 Å². The zero-order chi connectivity index (χ0) is 8.43. The van der Waals surface area contributed by atoms with Gasteiger partial charge in [0, 0.05) is 0 Å². The lowest BCUT2D eigenvalue weighted by Gasteiger charge is -2.04. The molecule has 0 bridgehead atoms. The molecular formula is C11H14. The summed E-state index contributed by atoms with van der Waals surface area (Å²) in [7, 11) is 0. The molecule has 0 aliphatic rings. The molecule has 0 heteroatoms. The van der Waals surface area contributed by atoms with Gasteiger partial charge in [0.15, 0.2) is 0 Å². The van der Waals surface area contributed by atoms with Gasteiger partial charge in [-0.3, -0.25) is 0 Å². The van der Waals surface area contributed by atoms with Crippen molar-refractivity contribution in [3.63, 3.8) is 0 Å². The molecule has 0 atom stereocenters. The third kappa shape index (κ3) is 1.51. The molecule has 0 aliphatic carbocycles. The van der Waals surface area contributed by atoms with E-state index in [0.717, 1.165) is 10.4 Å². The summed E-state index contributed by atoms with van der Waals surface area (Å²) >= 11 is 0. The van der Waals surface area contributed by atoms with Crippen molar-refractivity contribution in [3.05, 3.63) is 34.2 Å². The maximum absolute atomic E-state index is 3.98. The highest BCUT2D eigenvalue weighted by molar-refractivity contribution is 5.26. The number of rotatable bonds is 1. The maximum atomic E-state index is 3.98. The highest BCUT2D eigenvalue weighted by atomic mass is 14.0. The summed E-state index contributed by atoms with van der Waals surface area (Å²) < 4.78 is 0. The van der Waals surface area contributed by atoms with Crippen LogP contribution in [0.25, 0.3) is 13.2 Å². The Balaban J connectivity index is 3.41. The first-order chi connectivity index (χ1) is 5.13. The fraction of sp³-hybridized carbons (Fsp3) is 0.273. The van der Waals surface area contributed by atoms with Crippen molar-refractivity contribution in [2.45, 2.75) is 19.8 Å². The molecule has 58 valence electrons. The lowest BCUT2D eigenvalue weighted by atomic mass is 10.0. The van der Waals surface area contributed by atoms with E-state index in [1.807, 2.05) is 12.1 Å². The molecule has 0 aromatic heterocycles. The fourth-order valence-electron chi connectivity index (χ4n) is 1.20. The Bertz CT molecular complexity index is 334. The molecule has 0 unspecified atom stereocenters. The molecular weight excluding hydrogens is 132 g/mol. The van der Waals surface area contributed by atoms with E-state index < -0.39 is 0 Å². The molecule has 1 aromatic rings. The number of benzene rings is 1. The normalized spacial score (nSPS) is 10.5. The summed E-state index contributed by atoms with van der Waals surface area (Å²) in [5.41, 5.74) is 1.30. The second-order valence-corrected chi connectivity index (χ2v) is 3.14. The molecule has 0 amide bonds. The Morgan fingerprint density at radius 3 is 2.27 bits per heavy atom. The molecule has 0 aliphatic heterocycles. The predicted molar refractivity (Wildman–Crippen MR) is 50.8 cm³/mol. The Morgan fingerprint density at radius 2 is 1.82 bits per heavy atom. The van der Waals surface area contributed by atoms with Gasteiger partial charge in [0.1, 0.15) is 0 Å². The first kappa shape index (κ1) is 8.06. The second-order valence-electron chi connectivity index (χ2n) is 3.14. The average molecular weight is 146 g/mol. The third-order valence-corrected chi connectivity index (χ3v) is 1.93. The summed E-state index contributed by atoms with van der Waals surface area (Å²) in [5, 5.41) is 2.12. The van der Waals surface area contributed by atoms with E-state index in [4.69, 9.17) is 0 Å². The second kappa shape index (κ2) is 2.91. The number of hydrogen-bond acceptors (Lipinski definition) is 0. The van der Waals surface area contributed by atoms with Crippen LogP contribution in [0.4, 0.5) is 0 Å². The summed E-state index contributed by atoms with van der Waals surface area (Å²) in [4.78, 5) is 0. The zero-order valence-electron chi connectivity index (χ0n) is 7.22. The van der Waals surface area contributed by atoms with Gasteiger partial charge in [0.25, 0.3) is 0 Å². The van der Waals surface area contributed by atoms with Crippen LogP contribution in [0.15, 0.2) is 18.2 Å². The van der Waals surface area contributed by atoms with Gasteiger partial charge in [-0.2, -0.15) is 0 Å². The van der Waals surface area contributed by atoms with Crippen molar-refractivity contribution in [2.24, 2.45) is 0 Å². The van der Waals surface area contributed by atoms with Crippen molar-refractivity contribution >= 4 is 13.2 Å². The maximum Gasteiger partial charge on any atom is -0.0213 e. The first-order valence-corrected chi connectivity index (χ1v) is 3.89. The van der Waals surface area contributed by atoms with E-state index in [-0.39, 0.29) is 0 Å². The SMILES string of the molecule is C=c1cccc(C(C)C)c1=C. The standard InChI is InChI=1S/C11H14/c1-8(2)11-7-5-6-9(3)10(11)4/h5-8H,3-4H2,1-2H3. The van der Waals surface area contributed by atoms with Gasteiger partial charge in [0.2, 0.25) is 0 Å². The molecule has 1 rings (SSSR count). The van der Waals surface area contributed by atoms with Crippen LogP contribution in [-0.4, -0.2) is 0 Å². The van der Waals surface area contributed by atoms with Crippen LogP contribution in [0.3, 0.4) is 0 Å². The minimum atomic E-state index is 0.546. The van der Waals surface area contributed by atoms with Gasteiger partial charge in [-0.1, -0.05) is 45.2 Å². The zero-order valence-corrected chi connectivity index (χ0v) is 7.22. The summed E-state index contributed by atoms with van der Waals surface area (Å²) in [6, 6.07) is 6.14. The summed E-state index contributed by atoms with van der Waals surface area (Å²) in [6.07, 6.45) is 0. The van der Waals surface area contributed by atoms with Crippen molar-refractivity contribution in [1.82, 2.24) is 0 Å². The Labute approximate surface area is 67.9 Å². The predicted octanol–water partition coefficient (Wildman–Crippen LogP) is 1.63. The molecule has 0 radical (unpaired) electrons. The molecule has 0 heterocycles. The van der Waals surface area contributed by atoms with Crippen LogP contribution in [0.5, 0.6) is 0 Å². The number of hydrogen-bond donors (Lipinski definition) is 0. The highest BCUT2D eigenvalue weighted by Crippen LogP contribution is 2.06. The van der Waals surface area contributed by atoms with Gasteiger partial charge in [-0.15, -0.1) is 0 Å². The van der Waals surface area contributed by atoms with Crippen molar-refractivity contribution in [2.75, 3.05) is 0 Å². The molecule has 0 N–H and O–H groups in total. The van der Waals surface area contributed by atoms with Crippen LogP contribution in [0.2, 0.25) is 0 Å². The molecule has 11 heavy (non-hydrogen) atoms. The summed E-state index contributed by atoms with van der Waals surface area (Å²) in [6.45, 7) is 12.2. The smallest absolute Gasteiger partial charge is 0.0213 e. The molecule has 0 spiro atoms. The summed E-state index contributed by atoms with van der Waals surface area (Å²) in [5.74, 6) is 0.546. The van der Waals surface area contributed by atoms with Gasteiger partial charge in [0.05, 0.1) is 0 Å². The average Bonchev–Trinajstić information content (AvgIpc) is 1.94. The quantitative estimate of drug-likeness (QED) is 0.565. The Morgan fingerprint density at radius 1 is 1.18 bits per heavy atom. The van der Waals surface area contributed by atoms with Crippen LogP contribution in [0, 0.1) is 0 Å². The van der Waals surface area contributed by atoms with E-state index in [1.54, 1.807) is 0 Å². The molecule has 0 saturated heterocycles. The van der Waals surface area contributed by atoms with Gasteiger partial charge < -0.3 is 0 Å². The van der Waals surface area contributed by atoms with Gasteiger partial charge >= 0.3 is 0 Å². The third-order valence-electron chi connectivity index (χ3n) is 1.93. The van der Waals surface area contributed by atoms with E-state index in [2.05, 4.69) is 33.1 Å². The lowest BCUT2D eigenvalue weighted by molar-refractivity contribution is 0.857. The van der Waals surface area contributed by atoms with Crippen molar-refractivity contribution in [1.29, 1.82) is 0 Å². The van der Waals surface area contributed by atoms with Gasteiger partial charge in [-0.25, -0.2) is 0 Å². The Hall–Kier alpha value is -1.04. The molecule has 0 fully saturated rings. The fourth-order valence-corrected chi connectivity index (χ4v) is 1.20.